The van der Waals surface area contributed by atoms with Gasteiger partial charge >= 0.3 is 0 Å². The van der Waals surface area contributed by atoms with E-state index in [0.29, 0.717) is 6.04 Å². The molecule has 1 rings (SSSR count). The van der Waals surface area contributed by atoms with Crippen LogP contribution in [0, 0.1) is 6.92 Å². The van der Waals surface area contributed by atoms with Crippen LogP contribution >= 0.6 is 0 Å². The molecule has 1 heterocycles. The number of nitrogens with one attached hydrogen (secondary N) is 2. The van der Waals surface area contributed by atoms with Gasteiger partial charge in [-0.15, -0.1) is 6.58 Å². The van der Waals surface area contributed by atoms with Gasteiger partial charge in [-0.3, -0.25) is 5.10 Å². The van der Waals surface area contributed by atoms with Crippen molar-refractivity contribution in [3.63, 3.8) is 0 Å². The number of aromatic nitrogens is 3. The number of allylic oxidation sites excluding steroid dienone is 1. The third-order valence-electron chi connectivity index (χ3n) is 2.40. The molecule has 4 nitrogen and oxygen atoms in total. The smallest absolute Gasteiger partial charge is 0.164 e. The van der Waals surface area contributed by atoms with Gasteiger partial charge in [-0.2, -0.15) is 5.10 Å². The van der Waals surface area contributed by atoms with Gasteiger partial charge in [0.05, 0.1) is 6.54 Å². The molecule has 4 heteroatoms. The topological polar surface area (TPSA) is 53.6 Å². The summed E-state index contributed by atoms with van der Waals surface area (Å²) in [5, 5.41) is 10.4. The number of nitrogens with zero attached hydrogens (tertiary/aromatic N) is 2. The molecule has 15 heavy (non-hydrogen) atoms. The number of hydrogen-bond donors (Lipinski definition) is 2. The second-order valence-electron chi connectivity index (χ2n) is 3.69. The highest BCUT2D eigenvalue weighted by Gasteiger charge is 2.06. The standard InChI is InChI=1S/C11H20N4/c1-4-6-7-10(5-2)12-8-11-13-9(3)14-15-11/h4,10,12H,1,5-8H2,2-3H3,(H,13,14,15). The van der Waals surface area contributed by atoms with Gasteiger partial charge in [-0.1, -0.05) is 13.0 Å². The molecule has 84 valence electrons. The summed E-state index contributed by atoms with van der Waals surface area (Å²) in [4.78, 5) is 4.25. The van der Waals surface area contributed by atoms with Gasteiger partial charge < -0.3 is 5.32 Å². The fourth-order valence-corrected chi connectivity index (χ4v) is 1.47. The summed E-state index contributed by atoms with van der Waals surface area (Å²) in [5.41, 5.74) is 0. The summed E-state index contributed by atoms with van der Waals surface area (Å²) in [6, 6.07) is 0.529. The Hall–Kier alpha value is -1.16. The van der Waals surface area contributed by atoms with E-state index < -0.39 is 0 Å². The highest BCUT2D eigenvalue weighted by Crippen LogP contribution is 2.03. The second-order valence-corrected chi connectivity index (χ2v) is 3.69. The van der Waals surface area contributed by atoms with Crippen molar-refractivity contribution in [2.45, 2.75) is 45.7 Å². The van der Waals surface area contributed by atoms with E-state index in [9.17, 15) is 0 Å². The van der Waals surface area contributed by atoms with Crippen LogP contribution in [0.2, 0.25) is 0 Å². The molecule has 0 fully saturated rings. The van der Waals surface area contributed by atoms with Gasteiger partial charge in [-0.05, 0) is 26.2 Å². The Balaban J connectivity index is 2.30. The maximum atomic E-state index is 4.25. The van der Waals surface area contributed by atoms with Crippen molar-refractivity contribution in [2.24, 2.45) is 0 Å². The molecule has 0 aliphatic heterocycles. The van der Waals surface area contributed by atoms with Crippen LogP contribution < -0.4 is 5.32 Å². The van der Waals surface area contributed by atoms with Crippen molar-refractivity contribution in [1.82, 2.24) is 20.5 Å². The van der Waals surface area contributed by atoms with Crippen molar-refractivity contribution >= 4 is 0 Å². The van der Waals surface area contributed by atoms with Gasteiger partial charge in [0.25, 0.3) is 0 Å². The summed E-state index contributed by atoms with van der Waals surface area (Å²) in [6.07, 6.45) is 5.26. The predicted molar refractivity (Wildman–Crippen MR) is 61.5 cm³/mol. The summed E-state index contributed by atoms with van der Waals surface area (Å²) in [5.74, 6) is 1.70. The fourth-order valence-electron chi connectivity index (χ4n) is 1.47. The molecule has 0 aliphatic carbocycles. The lowest BCUT2D eigenvalue weighted by molar-refractivity contribution is 0.463. The zero-order valence-corrected chi connectivity index (χ0v) is 9.58. The third kappa shape index (κ3) is 4.25. The molecular formula is C11H20N4. The van der Waals surface area contributed by atoms with E-state index in [4.69, 9.17) is 0 Å². The largest absolute Gasteiger partial charge is 0.307 e. The molecular weight excluding hydrogens is 188 g/mol. The quantitative estimate of drug-likeness (QED) is 0.673. The predicted octanol–water partition coefficient (Wildman–Crippen LogP) is 1.95. The first-order valence-electron chi connectivity index (χ1n) is 5.48. The van der Waals surface area contributed by atoms with E-state index in [1.165, 1.54) is 0 Å². The SMILES string of the molecule is C=CCCC(CC)NCc1n[nH]c(C)n1. The van der Waals surface area contributed by atoms with Crippen LogP contribution in [0.4, 0.5) is 0 Å². The van der Waals surface area contributed by atoms with Crippen LogP contribution in [0.5, 0.6) is 0 Å². The van der Waals surface area contributed by atoms with Crippen LogP contribution in [-0.2, 0) is 6.54 Å². The lowest BCUT2D eigenvalue weighted by atomic mass is 10.1. The molecule has 0 aromatic carbocycles. The molecule has 0 radical (unpaired) electrons. The molecule has 0 spiro atoms. The second kappa shape index (κ2) is 6.35. The Bertz CT molecular complexity index is 293. The van der Waals surface area contributed by atoms with Crippen LogP contribution in [0.1, 0.15) is 37.8 Å². The minimum absolute atomic E-state index is 0.529. The molecule has 1 unspecified atom stereocenters. The first kappa shape index (κ1) is 11.9. The normalized spacial score (nSPS) is 12.7. The highest BCUT2D eigenvalue weighted by atomic mass is 15.2. The van der Waals surface area contributed by atoms with Crippen molar-refractivity contribution in [1.29, 1.82) is 0 Å². The average molecular weight is 208 g/mol. The van der Waals surface area contributed by atoms with Crippen molar-refractivity contribution < 1.29 is 0 Å². The number of aryl methyl sites for hydroxylation is 1. The summed E-state index contributed by atoms with van der Waals surface area (Å²) in [6.45, 7) is 8.56. The lowest BCUT2D eigenvalue weighted by Crippen LogP contribution is -2.28. The number of rotatable bonds is 7. The van der Waals surface area contributed by atoms with E-state index in [0.717, 1.165) is 37.5 Å². The fraction of sp³-hybridized carbons (Fsp3) is 0.636. The van der Waals surface area contributed by atoms with Crippen LogP contribution in [0.25, 0.3) is 0 Å². The van der Waals surface area contributed by atoms with E-state index >= 15 is 0 Å². The van der Waals surface area contributed by atoms with E-state index in [1.54, 1.807) is 0 Å². The van der Waals surface area contributed by atoms with Crippen LogP contribution in [0.3, 0.4) is 0 Å². The summed E-state index contributed by atoms with van der Waals surface area (Å²) >= 11 is 0. The van der Waals surface area contributed by atoms with Crippen molar-refractivity contribution in [3.8, 4) is 0 Å². The number of H-pyrrole nitrogens is 1. The van der Waals surface area contributed by atoms with Crippen molar-refractivity contribution in [2.75, 3.05) is 0 Å². The van der Waals surface area contributed by atoms with E-state index in [-0.39, 0.29) is 0 Å². The summed E-state index contributed by atoms with van der Waals surface area (Å²) in [7, 11) is 0. The highest BCUT2D eigenvalue weighted by molar-refractivity contribution is 4.87. The molecule has 1 aromatic rings. The molecule has 0 saturated carbocycles. The van der Waals surface area contributed by atoms with E-state index in [2.05, 4.69) is 34.0 Å². The third-order valence-corrected chi connectivity index (χ3v) is 2.40. The van der Waals surface area contributed by atoms with Gasteiger partial charge in [0.2, 0.25) is 0 Å². The Morgan fingerprint density at radius 1 is 1.60 bits per heavy atom. The van der Waals surface area contributed by atoms with Gasteiger partial charge in [0, 0.05) is 6.04 Å². The molecule has 2 N–H and O–H groups in total. The van der Waals surface area contributed by atoms with Gasteiger partial charge in [0.1, 0.15) is 5.82 Å². The Morgan fingerprint density at radius 2 is 2.40 bits per heavy atom. The van der Waals surface area contributed by atoms with E-state index in [1.807, 2.05) is 13.0 Å². The Morgan fingerprint density at radius 3 is 2.93 bits per heavy atom. The summed E-state index contributed by atoms with van der Waals surface area (Å²) < 4.78 is 0. The Kier molecular flexibility index (Phi) is 5.04. The first-order chi connectivity index (χ1) is 7.26. The van der Waals surface area contributed by atoms with Crippen molar-refractivity contribution in [3.05, 3.63) is 24.3 Å². The Labute approximate surface area is 91.2 Å². The average Bonchev–Trinajstić information content (AvgIpc) is 2.65. The van der Waals surface area contributed by atoms with Gasteiger partial charge in [0.15, 0.2) is 5.82 Å². The molecule has 0 saturated heterocycles. The molecule has 1 aromatic heterocycles. The minimum atomic E-state index is 0.529. The van der Waals surface area contributed by atoms with Gasteiger partial charge in [-0.25, -0.2) is 4.98 Å². The molecule has 0 aliphatic rings. The minimum Gasteiger partial charge on any atom is -0.307 e. The zero-order chi connectivity index (χ0) is 11.1. The maximum Gasteiger partial charge on any atom is 0.164 e. The monoisotopic (exact) mass is 208 g/mol. The molecule has 0 bridgehead atoms. The first-order valence-corrected chi connectivity index (χ1v) is 5.48. The number of aromatic amines is 1. The zero-order valence-electron chi connectivity index (χ0n) is 9.58. The molecule has 0 amide bonds. The lowest BCUT2D eigenvalue weighted by Gasteiger charge is -2.14. The van der Waals surface area contributed by atoms with Crippen LogP contribution in [0.15, 0.2) is 12.7 Å². The van der Waals surface area contributed by atoms with Crippen LogP contribution in [-0.4, -0.2) is 21.2 Å². The maximum absolute atomic E-state index is 4.25. The molecule has 1 atom stereocenters. The number of hydrogen-bond acceptors (Lipinski definition) is 3.